The molecule has 15 heavy (non-hydrogen) atoms. The van der Waals surface area contributed by atoms with E-state index in [1.807, 2.05) is 27.7 Å². The van der Waals surface area contributed by atoms with Gasteiger partial charge >= 0.3 is 17.1 Å². The molecule has 0 aliphatic heterocycles. The summed E-state index contributed by atoms with van der Waals surface area (Å²) in [5, 5.41) is 0. The Morgan fingerprint density at radius 3 is 1.07 bits per heavy atom. The van der Waals surface area contributed by atoms with Crippen molar-refractivity contribution in [3.63, 3.8) is 0 Å². The van der Waals surface area contributed by atoms with E-state index in [1.54, 1.807) is 0 Å². The van der Waals surface area contributed by atoms with E-state index < -0.39 is 0 Å². The van der Waals surface area contributed by atoms with E-state index in [0.717, 1.165) is 0 Å². The summed E-state index contributed by atoms with van der Waals surface area (Å²) in [6.45, 7) is 7.55. The van der Waals surface area contributed by atoms with Crippen LogP contribution in [0, 0.1) is 0 Å². The van der Waals surface area contributed by atoms with Gasteiger partial charge in [0.1, 0.15) is 0 Å². The Morgan fingerprint density at radius 2 is 1.07 bits per heavy atom. The Balaban J connectivity index is -0.000000180. The fraction of sp³-hybridized carbons (Fsp3) is 0.750. The van der Waals surface area contributed by atoms with Crippen LogP contribution in [0.15, 0.2) is 0 Å². The van der Waals surface area contributed by atoms with Crippen LogP contribution in [0.25, 0.3) is 0 Å². The van der Waals surface area contributed by atoms with Crippen molar-refractivity contribution >= 4 is 58.5 Å². The molecular weight excluding hydrogens is 312 g/mol. The van der Waals surface area contributed by atoms with Gasteiger partial charge in [-0.15, -0.1) is 0 Å². The Labute approximate surface area is 124 Å². The van der Waals surface area contributed by atoms with E-state index in [2.05, 4.69) is 49.7 Å². The summed E-state index contributed by atoms with van der Waals surface area (Å²) in [5.74, 6) is 0. The molecule has 0 rings (SSSR count). The molecule has 0 aromatic rings. The monoisotopic (exact) mass is 326 g/mol. The molecular formula is C8H14FeO2S4. The molecule has 0 spiro atoms. The van der Waals surface area contributed by atoms with Crippen molar-refractivity contribution < 1.29 is 26.5 Å². The van der Waals surface area contributed by atoms with Gasteiger partial charge in [0.05, 0.1) is 12.2 Å². The molecule has 90 valence electrons. The van der Waals surface area contributed by atoms with Gasteiger partial charge in [0.15, 0.2) is 0 Å². The van der Waals surface area contributed by atoms with Gasteiger partial charge in [-0.25, -0.2) is 0 Å². The summed E-state index contributed by atoms with van der Waals surface area (Å²) in [7, 11) is 0. The Bertz CT molecular complexity index is 165. The first kappa shape index (κ1) is 21.1. The Kier molecular flexibility index (Phi) is 18.0. The third-order valence-corrected chi connectivity index (χ3v) is 1.05. The molecule has 0 bridgehead atoms. The topological polar surface area (TPSA) is 18.5 Å². The van der Waals surface area contributed by atoms with Crippen molar-refractivity contribution in [3.05, 3.63) is 0 Å². The molecule has 0 aliphatic carbocycles. The van der Waals surface area contributed by atoms with Crippen LogP contribution in [0.1, 0.15) is 27.7 Å². The first-order chi connectivity index (χ1) is 6.25. The molecule has 0 saturated carbocycles. The molecule has 0 aliphatic rings. The zero-order chi connectivity index (χ0) is 11.7. The number of thiocarbonyl (C=S) groups is 2. The second kappa shape index (κ2) is 12.8. The summed E-state index contributed by atoms with van der Waals surface area (Å²) in [4.78, 5) is 0. The minimum atomic E-state index is 0. The molecule has 7 heteroatoms. The third kappa shape index (κ3) is 31.3. The standard InChI is InChI=1S/2C4H8OS2.Fe/c2*1-3(2)5-4(6)7;/h2*3H,1-2H3,(H,6,7);/q;;+2/p-2. The zero-order valence-corrected chi connectivity index (χ0v) is 13.3. The molecule has 2 nitrogen and oxygen atoms in total. The van der Waals surface area contributed by atoms with Crippen molar-refractivity contribution in [1.29, 1.82) is 0 Å². The van der Waals surface area contributed by atoms with Gasteiger partial charge in [0.2, 0.25) is 0 Å². The van der Waals surface area contributed by atoms with Gasteiger partial charge in [0.25, 0.3) is 0 Å². The molecule has 0 saturated heterocycles. The van der Waals surface area contributed by atoms with Crippen LogP contribution in [-0.4, -0.2) is 21.0 Å². The maximum atomic E-state index is 4.80. The summed E-state index contributed by atoms with van der Waals surface area (Å²) >= 11 is 17.9. The third-order valence-electron chi connectivity index (χ3n) is 0.664. The van der Waals surface area contributed by atoms with Crippen LogP contribution >= 0.6 is 24.4 Å². The van der Waals surface area contributed by atoms with Crippen molar-refractivity contribution in [2.24, 2.45) is 0 Å². The van der Waals surface area contributed by atoms with Crippen molar-refractivity contribution in [2.75, 3.05) is 0 Å². The summed E-state index contributed by atoms with van der Waals surface area (Å²) in [6.07, 6.45) is 0.259. The minimum absolute atomic E-state index is 0. The molecule has 0 aromatic heterocycles. The number of ether oxygens (including phenoxy) is 2. The average molecular weight is 326 g/mol. The van der Waals surface area contributed by atoms with Crippen molar-refractivity contribution in [1.82, 2.24) is 0 Å². The largest absolute Gasteiger partial charge is 2.00 e. The van der Waals surface area contributed by atoms with E-state index in [-0.39, 0.29) is 38.0 Å². The molecule has 0 heterocycles. The molecule has 0 N–H and O–H groups in total. The molecule has 0 radical (unpaired) electrons. The Morgan fingerprint density at radius 1 is 0.867 bits per heavy atom. The fourth-order valence-electron chi connectivity index (χ4n) is 0.385. The molecule has 0 amide bonds. The van der Waals surface area contributed by atoms with E-state index in [1.165, 1.54) is 0 Å². The maximum Gasteiger partial charge on any atom is 2.00 e. The van der Waals surface area contributed by atoms with E-state index in [9.17, 15) is 0 Å². The zero-order valence-electron chi connectivity index (χ0n) is 8.96. The van der Waals surface area contributed by atoms with E-state index in [0.29, 0.717) is 0 Å². The van der Waals surface area contributed by atoms with Gasteiger partial charge in [-0.3, -0.25) is 0 Å². The maximum absolute atomic E-state index is 4.80. The second-order valence-corrected chi connectivity index (χ2v) is 4.83. The van der Waals surface area contributed by atoms with E-state index in [4.69, 9.17) is 9.47 Å². The smallest absolute Gasteiger partial charge is 0.511 e. The number of hydrogen-bond donors (Lipinski definition) is 0. The summed E-state index contributed by atoms with van der Waals surface area (Å²) < 4.78 is 10.0. The second-order valence-electron chi connectivity index (χ2n) is 2.83. The molecule has 0 fully saturated rings. The Hall–Kier alpha value is 0.739. The van der Waals surface area contributed by atoms with E-state index >= 15 is 0 Å². The molecule has 0 atom stereocenters. The first-order valence-electron chi connectivity index (χ1n) is 4.01. The summed E-state index contributed by atoms with van der Waals surface area (Å²) in [6, 6.07) is 0. The predicted molar refractivity (Wildman–Crippen MR) is 72.4 cm³/mol. The van der Waals surface area contributed by atoms with Gasteiger partial charge < -0.3 is 59.2 Å². The van der Waals surface area contributed by atoms with Crippen LogP contribution in [0.3, 0.4) is 0 Å². The molecule has 0 aromatic carbocycles. The minimum Gasteiger partial charge on any atom is -0.511 e. The van der Waals surface area contributed by atoms with Crippen LogP contribution in [-0.2, 0) is 51.8 Å². The summed E-state index contributed by atoms with van der Waals surface area (Å²) in [5.41, 5.74) is 0. The first-order valence-corrected chi connectivity index (χ1v) is 5.64. The van der Waals surface area contributed by atoms with Crippen LogP contribution in [0.2, 0.25) is 0 Å². The van der Waals surface area contributed by atoms with Gasteiger partial charge in [-0.1, -0.05) is 0 Å². The predicted octanol–water partition coefficient (Wildman–Crippen LogP) is 2.48. The van der Waals surface area contributed by atoms with Crippen LogP contribution < -0.4 is 0 Å². The van der Waals surface area contributed by atoms with Gasteiger partial charge in [-0.2, -0.15) is 0 Å². The molecule has 0 unspecified atom stereocenters. The van der Waals surface area contributed by atoms with Crippen molar-refractivity contribution in [3.8, 4) is 0 Å². The van der Waals surface area contributed by atoms with Crippen molar-refractivity contribution in [2.45, 2.75) is 39.9 Å². The fourth-order valence-corrected chi connectivity index (χ4v) is 1.15. The average Bonchev–Trinajstić information content (AvgIpc) is 1.79. The number of rotatable bonds is 2. The van der Waals surface area contributed by atoms with Gasteiger partial charge in [-0.05, 0) is 27.7 Å². The number of hydrogen-bond acceptors (Lipinski definition) is 6. The van der Waals surface area contributed by atoms with Gasteiger partial charge in [0, 0.05) is 8.77 Å². The van der Waals surface area contributed by atoms with Crippen LogP contribution in [0.4, 0.5) is 0 Å². The van der Waals surface area contributed by atoms with Crippen LogP contribution in [0.5, 0.6) is 0 Å². The quantitative estimate of drug-likeness (QED) is 0.438. The SMILES string of the molecule is CC(C)OC(=S)[S-].CC(C)OC(=S)[S-].[Fe+2]. The normalized spacial score (nSPS) is 8.40.